The second-order valence-corrected chi connectivity index (χ2v) is 1.48. The van der Waals surface area contributed by atoms with Crippen LogP contribution in [0, 0.1) is 10.1 Å². The molecule has 0 radical (unpaired) electrons. The standard InChI is InChI=1S/C3H10N4O2/c1-5-6-2-3(4)7(8)9/h3,5-6H,2,4H2,1H3. The zero-order valence-corrected chi connectivity index (χ0v) is 5.13. The molecule has 0 aliphatic heterocycles. The third-order valence-electron chi connectivity index (χ3n) is 0.759. The van der Waals surface area contributed by atoms with Crippen LogP contribution in [0.1, 0.15) is 0 Å². The van der Waals surface area contributed by atoms with E-state index in [0.29, 0.717) is 0 Å². The average Bonchev–Trinajstić information content (AvgIpc) is 1.82. The maximum absolute atomic E-state index is 9.82. The van der Waals surface area contributed by atoms with Gasteiger partial charge in [0.2, 0.25) is 0 Å². The largest absolute Gasteiger partial charge is 0.277 e. The summed E-state index contributed by atoms with van der Waals surface area (Å²) in [7, 11) is 1.62. The summed E-state index contributed by atoms with van der Waals surface area (Å²) in [5.41, 5.74) is 10.0. The van der Waals surface area contributed by atoms with Crippen LogP contribution in [0.5, 0.6) is 0 Å². The van der Waals surface area contributed by atoms with Gasteiger partial charge in [0.05, 0.1) is 6.54 Å². The fourth-order valence-electron chi connectivity index (χ4n) is 0.281. The number of nitro groups is 1. The molecule has 0 aromatic rings. The third-order valence-corrected chi connectivity index (χ3v) is 0.759. The van der Waals surface area contributed by atoms with Crippen LogP contribution in [0.4, 0.5) is 0 Å². The fourth-order valence-corrected chi connectivity index (χ4v) is 0.281. The first-order valence-electron chi connectivity index (χ1n) is 2.47. The third kappa shape index (κ3) is 3.83. The van der Waals surface area contributed by atoms with Crippen molar-refractivity contribution in [3.05, 3.63) is 10.1 Å². The number of nitrogens with one attached hydrogen (secondary N) is 2. The Labute approximate surface area is 52.5 Å². The van der Waals surface area contributed by atoms with Crippen molar-refractivity contribution < 1.29 is 4.92 Å². The van der Waals surface area contributed by atoms with Crippen LogP contribution in [-0.2, 0) is 0 Å². The van der Waals surface area contributed by atoms with Crippen LogP contribution in [0.3, 0.4) is 0 Å². The van der Waals surface area contributed by atoms with Crippen molar-refractivity contribution >= 4 is 0 Å². The van der Waals surface area contributed by atoms with Crippen LogP contribution in [0.15, 0.2) is 0 Å². The minimum atomic E-state index is -1.03. The van der Waals surface area contributed by atoms with Gasteiger partial charge in [-0.2, -0.15) is 0 Å². The van der Waals surface area contributed by atoms with Crippen LogP contribution < -0.4 is 16.6 Å². The quantitative estimate of drug-likeness (QED) is 0.241. The first-order valence-corrected chi connectivity index (χ1v) is 2.47. The Bertz CT molecular complexity index is 95.8. The highest BCUT2D eigenvalue weighted by atomic mass is 16.6. The molecule has 0 aromatic heterocycles. The predicted octanol–water partition coefficient (Wildman–Crippen LogP) is -1.73. The van der Waals surface area contributed by atoms with Crippen molar-refractivity contribution in [1.29, 1.82) is 0 Å². The summed E-state index contributed by atoms with van der Waals surface area (Å²) in [4.78, 5) is 9.27. The van der Waals surface area contributed by atoms with Gasteiger partial charge in [0.15, 0.2) is 0 Å². The molecule has 0 saturated carbocycles. The Balaban J connectivity index is 3.27. The average molecular weight is 134 g/mol. The van der Waals surface area contributed by atoms with E-state index in [-0.39, 0.29) is 6.54 Å². The maximum Gasteiger partial charge on any atom is 0.277 e. The molecular formula is C3H10N4O2. The summed E-state index contributed by atoms with van der Waals surface area (Å²) >= 11 is 0. The fraction of sp³-hybridized carbons (Fsp3) is 1.00. The van der Waals surface area contributed by atoms with Crippen LogP contribution >= 0.6 is 0 Å². The highest BCUT2D eigenvalue weighted by molar-refractivity contribution is 4.45. The second-order valence-electron chi connectivity index (χ2n) is 1.48. The van der Waals surface area contributed by atoms with E-state index in [4.69, 9.17) is 5.73 Å². The lowest BCUT2D eigenvalue weighted by Crippen LogP contribution is -2.43. The topological polar surface area (TPSA) is 93.2 Å². The van der Waals surface area contributed by atoms with E-state index in [1.165, 1.54) is 0 Å². The van der Waals surface area contributed by atoms with E-state index >= 15 is 0 Å². The lowest BCUT2D eigenvalue weighted by Gasteiger charge is -2.02. The van der Waals surface area contributed by atoms with Gasteiger partial charge in [-0.05, 0) is 7.05 Å². The van der Waals surface area contributed by atoms with Gasteiger partial charge in [0, 0.05) is 4.92 Å². The van der Waals surface area contributed by atoms with Gasteiger partial charge in [-0.3, -0.25) is 21.3 Å². The number of rotatable bonds is 4. The molecule has 54 valence electrons. The molecular weight excluding hydrogens is 124 g/mol. The molecule has 9 heavy (non-hydrogen) atoms. The molecule has 0 bridgehead atoms. The summed E-state index contributed by atoms with van der Waals surface area (Å²) in [5, 5.41) is 9.82. The van der Waals surface area contributed by atoms with Gasteiger partial charge in [-0.1, -0.05) is 0 Å². The maximum atomic E-state index is 9.82. The minimum Gasteiger partial charge on any atom is -0.267 e. The summed E-state index contributed by atoms with van der Waals surface area (Å²) in [6, 6.07) is 0. The first-order chi connectivity index (χ1) is 4.18. The molecule has 0 spiro atoms. The van der Waals surface area contributed by atoms with Crippen LogP contribution in [-0.4, -0.2) is 24.7 Å². The molecule has 0 aliphatic rings. The van der Waals surface area contributed by atoms with E-state index in [9.17, 15) is 10.1 Å². The molecule has 4 N–H and O–H groups in total. The first kappa shape index (κ1) is 8.28. The van der Waals surface area contributed by atoms with Gasteiger partial charge in [-0.25, -0.2) is 5.43 Å². The van der Waals surface area contributed by atoms with E-state index in [1.807, 2.05) is 0 Å². The molecule has 1 unspecified atom stereocenters. The van der Waals surface area contributed by atoms with Gasteiger partial charge < -0.3 is 0 Å². The SMILES string of the molecule is CNNCC(N)[N+](=O)[O-]. The number of nitrogens with two attached hydrogens (primary N) is 1. The normalized spacial score (nSPS) is 13.1. The lowest BCUT2D eigenvalue weighted by atomic mass is 10.5. The molecule has 1 atom stereocenters. The number of nitrogens with zero attached hydrogens (tertiary/aromatic N) is 1. The molecule has 0 heterocycles. The highest BCUT2D eigenvalue weighted by Gasteiger charge is 2.10. The number of hydrazine groups is 1. The zero-order valence-electron chi connectivity index (χ0n) is 5.13. The van der Waals surface area contributed by atoms with Crippen molar-refractivity contribution in [3.8, 4) is 0 Å². The molecule has 0 fully saturated rings. The lowest BCUT2D eigenvalue weighted by molar-refractivity contribution is -0.519. The molecule has 0 aliphatic carbocycles. The molecule has 0 amide bonds. The van der Waals surface area contributed by atoms with Crippen molar-refractivity contribution in [2.75, 3.05) is 13.6 Å². The van der Waals surface area contributed by atoms with Gasteiger partial charge in [0.25, 0.3) is 6.17 Å². The van der Waals surface area contributed by atoms with Crippen molar-refractivity contribution in [3.63, 3.8) is 0 Å². The van der Waals surface area contributed by atoms with E-state index < -0.39 is 11.1 Å². The predicted molar refractivity (Wildman–Crippen MR) is 32.0 cm³/mol. The Hall–Kier alpha value is -0.720. The van der Waals surface area contributed by atoms with E-state index in [1.54, 1.807) is 7.05 Å². The second kappa shape index (κ2) is 4.19. The van der Waals surface area contributed by atoms with Crippen LogP contribution in [0.2, 0.25) is 0 Å². The van der Waals surface area contributed by atoms with Crippen molar-refractivity contribution in [1.82, 2.24) is 10.9 Å². The minimum absolute atomic E-state index is 0.128. The highest BCUT2D eigenvalue weighted by Crippen LogP contribution is 1.73. The van der Waals surface area contributed by atoms with Gasteiger partial charge in [0.1, 0.15) is 0 Å². The molecule has 0 aromatic carbocycles. The Morgan fingerprint density at radius 1 is 1.89 bits per heavy atom. The van der Waals surface area contributed by atoms with Crippen molar-refractivity contribution in [2.24, 2.45) is 5.73 Å². The van der Waals surface area contributed by atoms with E-state index in [0.717, 1.165) is 0 Å². The van der Waals surface area contributed by atoms with Gasteiger partial charge in [-0.15, -0.1) is 0 Å². The molecule has 6 nitrogen and oxygen atoms in total. The summed E-state index contributed by atoms with van der Waals surface area (Å²) in [6.07, 6.45) is -1.03. The molecule has 0 saturated heterocycles. The zero-order chi connectivity index (χ0) is 7.28. The number of hydrogen-bond acceptors (Lipinski definition) is 5. The van der Waals surface area contributed by atoms with Crippen LogP contribution in [0.25, 0.3) is 0 Å². The van der Waals surface area contributed by atoms with E-state index in [2.05, 4.69) is 10.9 Å². The van der Waals surface area contributed by atoms with Gasteiger partial charge >= 0.3 is 0 Å². The Morgan fingerprint density at radius 3 is 2.78 bits per heavy atom. The Morgan fingerprint density at radius 2 is 2.44 bits per heavy atom. The number of hydrogen-bond donors (Lipinski definition) is 3. The molecule has 6 heteroatoms. The summed E-state index contributed by atoms with van der Waals surface area (Å²) in [5.74, 6) is 0. The molecule has 0 rings (SSSR count). The smallest absolute Gasteiger partial charge is 0.267 e. The summed E-state index contributed by atoms with van der Waals surface area (Å²) < 4.78 is 0. The summed E-state index contributed by atoms with van der Waals surface area (Å²) in [6.45, 7) is 0.128. The van der Waals surface area contributed by atoms with Crippen molar-refractivity contribution in [2.45, 2.75) is 6.17 Å². The Kier molecular flexibility index (Phi) is 3.85. The monoisotopic (exact) mass is 134 g/mol.